The molecule has 0 aliphatic carbocycles. The second-order valence-corrected chi connectivity index (χ2v) is 7.62. The lowest BCUT2D eigenvalue weighted by molar-refractivity contribution is 0.0903. The van der Waals surface area contributed by atoms with Crippen molar-refractivity contribution in [1.82, 2.24) is 5.32 Å². The summed E-state index contributed by atoms with van der Waals surface area (Å²) in [6, 6.07) is 19.3. The number of nitrogens with one attached hydrogen (secondary N) is 1. The number of hydrogen-bond acceptors (Lipinski definition) is 4. The lowest BCUT2D eigenvalue weighted by Gasteiger charge is -2.18. The lowest BCUT2D eigenvalue weighted by Crippen LogP contribution is -2.27. The average molecular weight is 422 g/mol. The summed E-state index contributed by atoms with van der Waals surface area (Å²) in [7, 11) is 1.60. The van der Waals surface area contributed by atoms with Gasteiger partial charge in [-0.25, -0.2) is 0 Å². The van der Waals surface area contributed by atoms with Crippen LogP contribution in [0.2, 0.25) is 0 Å². The normalized spacial score (nSPS) is 12.8. The third kappa shape index (κ3) is 5.69. The summed E-state index contributed by atoms with van der Waals surface area (Å²) in [5.41, 5.74) is 2.41. The number of hydrogen-bond donors (Lipinski definition) is 1. The average Bonchev–Trinajstić information content (AvgIpc) is 3.30. The summed E-state index contributed by atoms with van der Waals surface area (Å²) in [6.07, 6.45) is 1.90. The molecule has 5 heteroatoms. The molecule has 1 aromatic heterocycles. The second-order valence-electron chi connectivity index (χ2n) is 7.62. The van der Waals surface area contributed by atoms with Gasteiger partial charge in [-0.05, 0) is 54.2 Å². The Morgan fingerprint density at radius 3 is 2.26 bits per heavy atom. The number of ether oxygens (including phenoxy) is 2. The van der Waals surface area contributed by atoms with Gasteiger partial charge in [-0.2, -0.15) is 0 Å². The molecular weight excluding hydrogens is 390 g/mol. The van der Waals surface area contributed by atoms with Crippen molar-refractivity contribution >= 4 is 5.91 Å². The van der Waals surface area contributed by atoms with Gasteiger partial charge in [-0.3, -0.25) is 4.79 Å². The molecule has 3 aromatic rings. The van der Waals surface area contributed by atoms with Crippen molar-refractivity contribution in [2.75, 3.05) is 7.11 Å². The van der Waals surface area contributed by atoms with E-state index in [0.717, 1.165) is 18.4 Å². The van der Waals surface area contributed by atoms with Gasteiger partial charge in [0.2, 0.25) is 0 Å². The first-order chi connectivity index (χ1) is 15.0. The van der Waals surface area contributed by atoms with Crippen molar-refractivity contribution in [1.29, 1.82) is 0 Å². The predicted molar refractivity (Wildman–Crippen MR) is 122 cm³/mol. The summed E-state index contributed by atoms with van der Waals surface area (Å²) < 4.78 is 16.8. The van der Waals surface area contributed by atoms with E-state index in [0.29, 0.717) is 23.2 Å². The Morgan fingerprint density at radius 2 is 1.61 bits per heavy atom. The van der Waals surface area contributed by atoms with Gasteiger partial charge in [0.1, 0.15) is 12.4 Å². The molecule has 2 atom stereocenters. The number of methoxy groups -OCH3 is 1. The standard InChI is InChI=1S/C26H31NO4/c1-5-18(3)19-11-13-20(14-12-19)22(6-2)27-26(28)25-16-15-21(31-25)17-30-24-10-8-7-9-23(24)29-4/h7-16,18,22H,5-6,17H2,1-4H3,(H,27,28). The van der Waals surface area contributed by atoms with Crippen LogP contribution in [0.5, 0.6) is 11.5 Å². The number of amides is 1. The van der Waals surface area contributed by atoms with Crippen molar-refractivity contribution in [2.45, 2.75) is 52.2 Å². The number of benzene rings is 2. The van der Waals surface area contributed by atoms with Gasteiger partial charge in [0, 0.05) is 0 Å². The number of rotatable bonds is 10. The molecule has 1 N–H and O–H groups in total. The fourth-order valence-corrected chi connectivity index (χ4v) is 3.41. The predicted octanol–water partition coefficient (Wildman–Crippen LogP) is 6.26. The zero-order valence-corrected chi connectivity index (χ0v) is 18.7. The van der Waals surface area contributed by atoms with Crippen molar-refractivity contribution in [3.63, 3.8) is 0 Å². The summed E-state index contributed by atoms with van der Waals surface area (Å²) in [5, 5.41) is 3.07. The van der Waals surface area contributed by atoms with Gasteiger partial charge in [-0.15, -0.1) is 0 Å². The highest BCUT2D eigenvalue weighted by atomic mass is 16.5. The molecule has 2 aromatic carbocycles. The van der Waals surface area contributed by atoms with Crippen LogP contribution in [0.1, 0.15) is 73.0 Å². The van der Waals surface area contributed by atoms with Gasteiger partial charge in [0.05, 0.1) is 13.2 Å². The van der Waals surface area contributed by atoms with Gasteiger partial charge >= 0.3 is 0 Å². The van der Waals surface area contributed by atoms with E-state index in [-0.39, 0.29) is 24.3 Å². The van der Waals surface area contributed by atoms with Crippen LogP contribution in [-0.4, -0.2) is 13.0 Å². The molecule has 3 rings (SSSR count). The summed E-state index contributed by atoms with van der Waals surface area (Å²) in [4.78, 5) is 12.7. The Hall–Kier alpha value is -3.21. The van der Waals surface area contributed by atoms with Crippen LogP contribution >= 0.6 is 0 Å². The van der Waals surface area contributed by atoms with E-state index >= 15 is 0 Å². The van der Waals surface area contributed by atoms with Crippen LogP contribution in [0.25, 0.3) is 0 Å². The first-order valence-electron chi connectivity index (χ1n) is 10.8. The first-order valence-corrected chi connectivity index (χ1v) is 10.8. The van der Waals surface area contributed by atoms with Gasteiger partial charge < -0.3 is 19.2 Å². The highest BCUT2D eigenvalue weighted by Crippen LogP contribution is 2.27. The van der Waals surface area contributed by atoms with E-state index < -0.39 is 0 Å². The van der Waals surface area contributed by atoms with E-state index in [4.69, 9.17) is 13.9 Å². The van der Waals surface area contributed by atoms with Crippen LogP contribution < -0.4 is 14.8 Å². The Bertz CT molecular complexity index is 977. The van der Waals surface area contributed by atoms with Gasteiger partial charge in [0.25, 0.3) is 5.91 Å². The van der Waals surface area contributed by atoms with E-state index in [1.54, 1.807) is 19.2 Å². The van der Waals surface area contributed by atoms with Gasteiger partial charge in [0.15, 0.2) is 17.3 Å². The molecule has 0 aliphatic rings. The topological polar surface area (TPSA) is 60.7 Å². The molecule has 0 saturated heterocycles. The fourth-order valence-electron chi connectivity index (χ4n) is 3.41. The highest BCUT2D eigenvalue weighted by Gasteiger charge is 2.18. The molecule has 0 fully saturated rings. The largest absolute Gasteiger partial charge is 0.493 e. The van der Waals surface area contributed by atoms with E-state index in [9.17, 15) is 4.79 Å². The Labute approximate surface area is 184 Å². The first kappa shape index (κ1) is 22.5. The molecule has 0 aliphatic heterocycles. The van der Waals surface area contributed by atoms with E-state index in [1.807, 2.05) is 24.3 Å². The third-order valence-corrected chi connectivity index (χ3v) is 5.56. The van der Waals surface area contributed by atoms with Crippen molar-refractivity contribution in [3.8, 4) is 11.5 Å². The Morgan fingerprint density at radius 1 is 0.935 bits per heavy atom. The molecule has 0 saturated carbocycles. The molecule has 5 nitrogen and oxygen atoms in total. The minimum Gasteiger partial charge on any atom is -0.493 e. The fraction of sp³-hybridized carbons (Fsp3) is 0.346. The molecular formula is C26H31NO4. The molecule has 1 amide bonds. The molecule has 164 valence electrons. The second kappa shape index (κ2) is 10.7. The minimum absolute atomic E-state index is 0.0723. The van der Waals surface area contributed by atoms with Crippen molar-refractivity contribution < 1.29 is 18.7 Å². The molecule has 0 radical (unpaired) electrons. The van der Waals surface area contributed by atoms with Crippen molar-refractivity contribution in [3.05, 3.63) is 83.3 Å². The van der Waals surface area contributed by atoms with E-state index in [2.05, 4.69) is 50.4 Å². The summed E-state index contributed by atoms with van der Waals surface area (Å²) in [6.45, 7) is 6.68. The Balaban J connectivity index is 1.61. The number of furan rings is 1. The molecule has 2 unspecified atom stereocenters. The number of carbonyl (C=O) groups is 1. The maximum Gasteiger partial charge on any atom is 0.287 e. The summed E-state index contributed by atoms with van der Waals surface area (Å²) in [5.74, 6) is 2.41. The van der Waals surface area contributed by atoms with Crippen molar-refractivity contribution in [2.24, 2.45) is 0 Å². The minimum atomic E-state index is -0.235. The number of carbonyl (C=O) groups excluding carboxylic acids is 1. The van der Waals surface area contributed by atoms with Crippen LogP contribution in [-0.2, 0) is 6.61 Å². The van der Waals surface area contributed by atoms with Crippen LogP contribution in [0.4, 0.5) is 0 Å². The molecule has 31 heavy (non-hydrogen) atoms. The highest BCUT2D eigenvalue weighted by molar-refractivity contribution is 5.91. The maximum absolute atomic E-state index is 12.7. The lowest BCUT2D eigenvalue weighted by atomic mass is 9.95. The molecule has 0 spiro atoms. The Kier molecular flexibility index (Phi) is 7.76. The third-order valence-electron chi connectivity index (χ3n) is 5.56. The summed E-state index contributed by atoms with van der Waals surface area (Å²) >= 11 is 0. The van der Waals surface area contributed by atoms with Crippen LogP contribution in [0.3, 0.4) is 0 Å². The maximum atomic E-state index is 12.7. The number of para-hydroxylation sites is 2. The zero-order valence-electron chi connectivity index (χ0n) is 18.7. The zero-order chi connectivity index (χ0) is 22.2. The smallest absolute Gasteiger partial charge is 0.287 e. The monoisotopic (exact) mass is 421 g/mol. The quantitative estimate of drug-likeness (QED) is 0.420. The molecule has 0 bridgehead atoms. The SMILES string of the molecule is CCC(C)c1ccc(C(CC)NC(=O)c2ccc(COc3ccccc3OC)o2)cc1. The van der Waals surface area contributed by atoms with Crippen LogP contribution in [0, 0.1) is 0 Å². The van der Waals surface area contributed by atoms with E-state index in [1.165, 1.54) is 5.56 Å². The molecule has 1 heterocycles. The van der Waals surface area contributed by atoms with Crippen LogP contribution in [0.15, 0.2) is 65.1 Å². The van der Waals surface area contributed by atoms with Gasteiger partial charge in [-0.1, -0.05) is 57.2 Å².